The lowest BCUT2D eigenvalue weighted by molar-refractivity contribution is -0.388. The van der Waals surface area contributed by atoms with E-state index in [0.29, 0.717) is 12.1 Å². The molecule has 0 unspecified atom stereocenters. The minimum Gasteiger partial charge on any atom is -0.352 e. The monoisotopic (exact) mass is 546 g/mol. The van der Waals surface area contributed by atoms with E-state index in [2.05, 4.69) is 5.32 Å². The van der Waals surface area contributed by atoms with Crippen molar-refractivity contribution in [2.75, 3.05) is 17.3 Å². The van der Waals surface area contributed by atoms with Crippen molar-refractivity contribution < 1.29 is 53.1 Å². The molecule has 2 atom stereocenters. The lowest BCUT2D eigenvalue weighted by Gasteiger charge is -2.27. The Morgan fingerprint density at radius 1 is 1.21 bits per heavy atom. The Morgan fingerprint density at radius 3 is 2.30 bits per heavy atom. The highest BCUT2D eigenvalue weighted by molar-refractivity contribution is 8.00. The number of halogens is 7. The molecule has 2 rings (SSSR count). The fourth-order valence-corrected chi connectivity index (χ4v) is 6.23. The molecule has 1 aliphatic heterocycles. The number of thioether (sulfide) groups is 1. The Balaban J connectivity index is 2.20. The molecule has 0 bridgehead atoms. The second kappa shape index (κ2) is 9.36. The van der Waals surface area contributed by atoms with E-state index in [4.69, 9.17) is 0 Å². The summed E-state index contributed by atoms with van der Waals surface area (Å²) < 4.78 is 125. The molecule has 0 aliphatic carbocycles. The van der Waals surface area contributed by atoms with Gasteiger partial charge >= 0.3 is 17.4 Å². The molecular formula is C15H13F7N2O6S3. The number of hydrogen-bond acceptors (Lipinski definition) is 7. The van der Waals surface area contributed by atoms with Crippen molar-refractivity contribution >= 4 is 44.0 Å². The smallest absolute Gasteiger partial charge is 0.352 e. The first kappa shape index (κ1) is 27.3. The van der Waals surface area contributed by atoms with Gasteiger partial charge in [0.1, 0.15) is 10.6 Å². The Morgan fingerprint density at radius 2 is 1.82 bits per heavy atom. The van der Waals surface area contributed by atoms with Crippen molar-refractivity contribution in [1.29, 1.82) is 0 Å². The molecule has 1 aromatic carbocycles. The second-order valence-corrected chi connectivity index (χ2v) is 11.6. The maximum absolute atomic E-state index is 13.6. The highest BCUT2D eigenvalue weighted by Crippen LogP contribution is 2.54. The van der Waals surface area contributed by atoms with Gasteiger partial charge in [-0.1, -0.05) is 0 Å². The third-order valence-electron chi connectivity index (χ3n) is 4.20. The van der Waals surface area contributed by atoms with Gasteiger partial charge in [-0.2, -0.15) is 30.7 Å². The molecule has 1 amide bonds. The number of nitrogens with one attached hydrogen (secondary N) is 1. The van der Waals surface area contributed by atoms with Gasteiger partial charge in [0.25, 0.3) is 5.69 Å². The zero-order chi connectivity index (χ0) is 25.4. The van der Waals surface area contributed by atoms with Gasteiger partial charge in [-0.05, 0) is 30.3 Å². The van der Waals surface area contributed by atoms with Crippen LogP contribution in [-0.4, -0.2) is 64.1 Å². The molecule has 1 aliphatic rings. The van der Waals surface area contributed by atoms with Crippen molar-refractivity contribution in [3.05, 3.63) is 28.3 Å². The Bertz CT molecular complexity index is 1080. The average Bonchev–Trinajstić information content (AvgIpc) is 2.98. The van der Waals surface area contributed by atoms with Crippen LogP contribution in [0.2, 0.25) is 0 Å². The summed E-state index contributed by atoms with van der Waals surface area (Å²) in [7, 11) is -5.80. The minimum absolute atomic E-state index is 0.101. The molecule has 0 saturated carbocycles. The number of amides is 1. The highest BCUT2D eigenvalue weighted by atomic mass is 32.2. The topological polar surface area (TPSA) is 123 Å². The first-order valence-electron chi connectivity index (χ1n) is 8.54. The van der Waals surface area contributed by atoms with Crippen LogP contribution in [0.15, 0.2) is 28.0 Å². The summed E-state index contributed by atoms with van der Waals surface area (Å²) in [6.45, 7) is 0. The van der Waals surface area contributed by atoms with Gasteiger partial charge in [0, 0.05) is 17.0 Å². The molecule has 0 aromatic heterocycles. The number of hydrogen-bond donors (Lipinski definition) is 1. The fraction of sp³-hybridized carbons (Fsp3) is 0.533. The van der Waals surface area contributed by atoms with Crippen LogP contribution < -0.4 is 5.32 Å². The number of carbonyl (C=O) groups is 1. The molecule has 1 aromatic rings. The summed E-state index contributed by atoms with van der Waals surface area (Å²) in [5.41, 5.74) is -1.15. The number of alkyl halides is 7. The molecule has 0 spiro atoms. The van der Waals surface area contributed by atoms with Crippen LogP contribution in [0.4, 0.5) is 36.4 Å². The van der Waals surface area contributed by atoms with Gasteiger partial charge in [-0.25, -0.2) is 8.42 Å². The molecular weight excluding hydrogens is 533 g/mol. The summed E-state index contributed by atoms with van der Waals surface area (Å²) >= 11 is -1.28. The highest BCUT2D eigenvalue weighted by Gasteiger charge is 2.73. The fourth-order valence-electron chi connectivity index (χ4n) is 2.65. The van der Waals surface area contributed by atoms with E-state index in [1.165, 1.54) is 0 Å². The Kier molecular flexibility index (Phi) is 7.74. The second-order valence-electron chi connectivity index (χ2n) is 6.73. The van der Waals surface area contributed by atoms with Crippen LogP contribution >= 0.6 is 11.8 Å². The van der Waals surface area contributed by atoms with Crippen LogP contribution in [0.3, 0.4) is 0 Å². The molecule has 0 radical (unpaired) electrons. The number of benzene rings is 1. The molecule has 18 heteroatoms. The first-order chi connectivity index (χ1) is 14.9. The van der Waals surface area contributed by atoms with Gasteiger partial charge in [-0.3, -0.25) is 19.1 Å². The number of sulfone groups is 1. The van der Waals surface area contributed by atoms with Crippen LogP contribution in [0.5, 0.6) is 0 Å². The minimum atomic E-state index is -6.59. The van der Waals surface area contributed by atoms with Crippen LogP contribution in [0.25, 0.3) is 0 Å². The van der Waals surface area contributed by atoms with E-state index in [1.54, 1.807) is 0 Å². The van der Waals surface area contributed by atoms with Crippen molar-refractivity contribution in [3.63, 3.8) is 0 Å². The number of nitro benzene ring substituents is 1. The van der Waals surface area contributed by atoms with Crippen LogP contribution in [0.1, 0.15) is 6.42 Å². The molecule has 186 valence electrons. The lowest BCUT2D eigenvalue weighted by atomic mass is 10.3. The predicted octanol–water partition coefficient (Wildman–Crippen LogP) is 2.89. The maximum Gasteiger partial charge on any atom is 0.460 e. The van der Waals surface area contributed by atoms with Gasteiger partial charge in [0.15, 0.2) is 9.84 Å². The van der Waals surface area contributed by atoms with E-state index >= 15 is 0 Å². The normalized spacial score (nSPS) is 19.8. The number of nitro groups is 1. The van der Waals surface area contributed by atoms with Crippen molar-refractivity contribution in [3.8, 4) is 0 Å². The SMILES string of the molecule is O=C(C[S@@](=O)c1ccc(SC(F)(F)C(F)(F)C(F)(F)F)cc1[N+](=O)[O-])N[C@H]1CCS(=O)(=O)C1. The van der Waals surface area contributed by atoms with Crippen molar-refractivity contribution in [2.24, 2.45) is 0 Å². The van der Waals surface area contributed by atoms with Crippen LogP contribution in [0, 0.1) is 10.1 Å². The molecule has 1 saturated heterocycles. The summed E-state index contributed by atoms with van der Waals surface area (Å²) in [5, 5.41) is 7.78. The van der Waals surface area contributed by atoms with E-state index in [9.17, 15) is 58.3 Å². The van der Waals surface area contributed by atoms with Gasteiger partial charge < -0.3 is 5.32 Å². The zero-order valence-electron chi connectivity index (χ0n) is 15.9. The van der Waals surface area contributed by atoms with Gasteiger partial charge in [0.05, 0.1) is 27.2 Å². The summed E-state index contributed by atoms with van der Waals surface area (Å²) in [6, 6.07) is 0.587. The summed E-state index contributed by atoms with van der Waals surface area (Å²) in [6.07, 6.45) is -6.49. The van der Waals surface area contributed by atoms with E-state index in [0.717, 1.165) is 0 Å². The third kappa shape index (κ3) is 6.34. The van der Waals surface area contributed by atoms with Gasteiger partial charge in [-0.15, -0.1) is 0 Å². The Labute approximate surface area is 187 Å². The van der Waals surface area contributed by atoms with Gasteiger partial charge in [0.2, 0.25) is 5.91 Å². The number of carbonyl (C=O) groups excluding carboxylic acids is 1. The van der Waals surface area contributed by atoms with Crippen molar-refractivity contribution in [1.82, 2.24) is 5.32 Å². The lowest BCUT2D eigenvalue weighted by Crippen LogP contribution is -2.49. The summed E-state index contributed by atoms with van der Waals surface area (Å²) in [4.78, 5) is 20.2. The van der Waals surface area contributed by atoms with Crippen LogP contribution in [-0.2, 0) is 25.4 Å². The number of nitrogens with zero attached hydrogens (tertiary/aromatic N) is 1. The molecule has 1 fully saturated rings. The van der Waals surface area contributed by atoms with E-state index in [-0.39, 0.29) is 24.0 Å². The number of rotatable bonds is 8. The third-order valence-corrected chi connectivity index (χ3v) is 8.33. The standard InChI is InChI=1S/C15H13F7N2O6S3/c16-13(17,14(18,19)20)15(21,22)31-9-1-2-11(10(5-9)24(26)27)32(28)6-12(25)23-8-3-4-33(29,30)7-8/h1-2,5,8H,3-4,6-7H2,(H,23,25)/t8-,32+/m0/s1. The largest absolute Gasteiger partial charge is 0.460 e. The van der Waals surface area contributed by atoms with E-state index < -0.39 is 87.9 Å². The predicted molar refractivity (Wildman–Crippen MR) is 101 cm³/mol. The average molecular weight is 546 g/mol. The summed E-state index contributed by atoms with van der Waals surface area (Å²) in [5.74, 6) is -8.80. The zero-order valence-corrected chi connectivity index (χ0v) is 18.4. The van der Waals surface area contributed by atoms with Crippen molar-refractivity contribution in [2.45, 2.75) is 39.6 Å². The maximum atomic E-state index is 13.6. The molecule has 1 N–H and O–H groups in total. The van der Waals surface area contributed by atoms with E-state index in [1.807, 2.05) is 0 Å². The molecule has 1 heterocycles. The molecule has 33 heavy (non-hydrogen) atoms. The first-order valence-corrected chi connectivity index (χ1v) is 12.5. The molecule has 8 nitrogen and oxygen atoms in total. The quantitative estimate of drug-likeness (QED) is 0.230. The Hall–Kier alpha value is -1.95.